The van der Waals surface area contributed by atoms with Crippen LogP contribution in [0.5, 0.6) is 5.75 Å². The molecule has 0 unspecified atom stereocenters. The number of amides is 1. The van der Waals surface area contributed by atoms with Crippen molar-refractivity contribution < 1.29 is 22.7 Å². The third kappa shape index (κ3) is 6.99. The normalized spacial score (nSPS) is 16.6. The number of carbonyl (C=O) groups is 1. The second kappa shape index (κ2) is 14.6. The molecule has 2 aliphatic heterocycles. The van der Waals surface area contributed by atoms with Gasteiger partial charge in [0.25, 0.3) is 5.91 Å². The van der Waals surface area contributed by atoms with E-state index in [9.17, 15) is 18.0 Å². The molecule has 1 amide bonds. The first kappa shape index (κ1) is 34.2. The van der Waals surface area contributed by atoms with Crippen LogP contribution in [-0.4, -0.2) is 75.7 Å². The lowest BCUT2D eigenvalue weighted by Crippen LogP contribution is -2.44. The zero-order valence-electron chi connectivity index (χ0n) is 29.0. The predicted octanol–water partition coefficient (Wildman–Crippen LogP) is 7.75. The summed E-state index contributed by atoms with van der Waals surface area (Å²) < 4.78 is 50.1. The Balaban J connectivity index is 1.05. The molecule has 53 heavy (non-hydrogen) atoms. The van der Waals surface area contributed by atoms with Gasteiger partial charge in [-0.2, -0.15) is 0 Å². The van der Waals surface area contributed by atoms with Gasteiger partial charge in [0.1, 0.15) is 34.9 Å². The molecule has 0 saturated carbocycles. The summed E-state index contributed by atoms with van der Waals surface area (Å²) in [5, 5.41) is 5.67. The van der Waals surface area contributed by atoms with Gasteiger partial charge in [-0.3, -0.25) is 14.1 Å². The van der Waals surface area contributed by atoms with E-state index in [1.54, 1.807) is 37.6 Å². The molecule has 0 spiro atoms. The van der Waals surface area contributed by atoms with Gasteiger partial charge < -0.3 is 20.3 Å². The Morgan fingerprint density at radius 2 is 1.70 bits per heavy atom. The largest absolute Gasteiger partial charge is 0.494 e. The second-order valence-corrected chi connectivity index (χ2v) is 13.2. The van der Waals surface area contributed by atoms with E-state index in [4.69, 9.17) is 14.7 Å². The minimum absolute atomic E-state index is 0.194. The van der Waals surface area contributed by atoms with Crippen LogP contribution in [0.4, 0.5) is 36.2 Å². The molecule has 10 nitrogen and oxygen atoms in total. The Kier molecular flexibility index (Phi) is 9.40. The molecule has 6 aromatic rings. The van der Waals surface area contributed by atoms with Crippen molar-refractivity contribution in [3.05, 3.63) is 115 Å². The summed E-state index contributed by atoms with van der Waals surface area (Å²) in [5.41, 5.74) is 4.45. The van der Waals surface area contributed by atoms with Gasteiger partial charge in [0, 0.05) is 67.5 Å². The molecule has 5 heterocycles. The van der Waals surface area contributed by atoms with Gasteiger partial charge >= 0.3 is 0 Å². The number of ether oxygens (including phenoxy) is 1. The van der Waals surface area contributed by atoms with Crippen molar-refractivity contribution in [3.8, 4) is 28.4 Å². The first-order chi connectivity index (χ1) is 25.8. The number of nitrogens with one attached hydrogen (secondary N) is 2. The summed E-state index contributed by atoms with van der Waals surface area (Å²) in [7, 11) is 1.63. The monoisotopic (exact) mass is 718 g/mol. The van der Waals surface area contributed by atoms with E-state index < -0.39 is 29.4 Å². The maximum Gasteiger partial charge on any atom is 0.255 e. The number of hydrogen-bond donors (Lipinski definition) is 2. The minimum atomic E-state index is -0.869. The van der Waals surface area contributed by atoms with E-state index in [2.05, 4.69) is 31.5 Å². The van der Waals surface area contributed by atoms with E-state index in [0.29, 0.717) is 64.7 Å². The number of piperidine rings is 1. The van der Waals surface area contributed by atoms with Gasteiger partial charge in [-0.25, -0.2) is 28.1 Å². The average Bonchev–Trinajstić information content (AvgIpc) is 3.80. The highest BCUT2D eigenvalue weighted by Gasteiger charge is 2.31. The number of methoxy groups -OCH3 is 1. The van der Waals surface area contributed by atoms with E-state index in [1.807, 2.05) is 47.0 Å². The van der Waals surface area contributed by atoms with Crippen molar-refractivity contribution >= 4 is 34.6 Å². The van der Waals surface area contributed by atoms with Crippen LogP contribution in [0.1, 0.15) is 29.6 Å². The van der Waals surface area contributed by atoms with Crippen molar-refractivity contribution in [1.82, 2.24) is 24.3 Å². The standard InChI is InChI=1S/C40H37F3N8O2/c1-53-34-23-29(49-20-15-28(16-21-49)50-19-14-27(41)24-50)11-12-32(34)45-40-44-17-13-33(46-40)38-36(47-35-10-2-3-18-51(35)38)25-6-4-7-26(22-25)39(52)48-37-30(42)8-5-9-31(37)43/h2-13,17-18,22-23,27-28H,14-16,19-21,24H2,1H3,(H,48,52)(H,44,45,46)/t27-/m0/s1. The number of fused-ring (bicyclic) bond motifs is 1. The third-order valence-electron chi connectivity index (χ3n) is 9.97. The Hall–Kier alpha value is -5.95. The molecular weight excluding hydrogens is 681 g/mol. The third-order valence-corrected chi connectivity index (χ3v) is 9.97. The lowest BCUT2D eigenvalue weighted by atomic mass is 10.0. The smallest absolute Gasteiger partial charge is 0.255 e. The SMILES string of the molecule is COc1cc(N2CCC(N3CC[C@H](F)C3)CC2)ccc1Nc1nccc(-c2c(-c3cccc(C(=O)Nc4c(F)cccc4F)c3)nc3ccccn23)n1. The maximum atomic E-state index is 14.3. The highest BCUT2D eigenvalue weighted by Crippen LogP contribution is 2.36. The van der Waals surface area contributed by atoms with Crippen LogP contribution in [0.2, 0.25) is 0 Å². The van der Waals surface area contributed by atoms with Crippen molar-refractivity contribution in [2.24, 2.45) is 0 Å². The molecule has 0 bridgehead atoms. The summed E-state index contributed by atoms with van der Waals surface area (Å²) >= 11 is 0. The number of likely N-dealkylation sites (tertiary alicyclic amines) is 1. The molecule has 2 N–H and O–H groups in total. The molecular formula is C40H37F3N8O2. The topological polar surface area (TPSA) is 99.9 Å². The molecule has 13 heteroatoms. The lowest BCUT2D eigenvalue weighted by molar-refractivity contribution is 0.102. The number of imidazole rings is 1. The zero-order valence-corrected chi connectivity index (χ0v) is 29.0. The first-order valence-corrected chi connectivity index (χ1v) is 17.6. The Labute approximate surface area is 304 Å². The fraction of sp³-hybridized carbons (Fsp3) is 0.250. The maximum absolute atomic E-state index is 14.3. The van der Waals surface area contributed by atoms with E-state index in [0.717, 1.165) is 50.3 Å². The molecule has 2 fully saturated rings. The van der Waals surface area contributed by atoms with Crippen molar-refractivity contribution in [2.45, 2.75) is 31.5 Å². The number of para-hydroxylation sites is 1. The van der Waals surface area contributed by atoms with Gasteiger partial charge in [-0.15, -0.1) is 0 Å². The van der Waals surface area contributed by atoms with Gasteiger partial charge in [0.2, 0.25) is 5.95 Å². The van der Waals surface area contributed by atoms with Gasteiger partial charge in [-0.1, -0.05) is 24.3 Å². The highest BCUT2D eigenvalue weighted by atomic mass is 19.1. The summed E-state index contributed by atoms with van der Waals surface area (Å²) in [6.07, 6.45) is 5.44. The first-order valence-electron chi connectivity index (χ1n) is 17.6. The number of alkyl halides is 1. The number of halogens is 3. The Morgan fingerprint density at radius 3 is 2.47 bits per heavy atom. The summed E-state index contributed by atoms with van der Waals surface area (Å²) in [4.78, 5) is 32.1. The molecule has 0 radical (unpaired) electrons. The molecule has 2 saturated heterocycles. The van der Waals surface area contributed by atoms with E-state index >= 15 is 0 Å². The van der Waals surface area contributed by atoms with Gasteiger partial charge in [0.05, 0.1) is 29.9 Å². The molecule has 3 aromatic heterocycles. The fourth-order valence-corrected chi connectivity index (χ4v) is 7.27. The highest BCUT2D eigenvalue weighted by molar-refractivity contribution is 6.05. The average molecular weight is 719 g/mol. The molecule has 8 rings (SSSR count). The number of benzene rings is 3. The Bertz CT molecular complexity index is 2270. The van der Waals surface area contributed by atoms with Crippen LogP contribution in [0.15, 0.2) is 97.3 Å². The number of aromatic nitrogens is 4. The molecule has 0 aliphatic carbocycles. The summed E-state index contributed by atoms with van der Waals surface area (Å²) in [6, 6.07) is 23.9. The number of pyridine rings is 1. The zero-order chi connectivity index (χ0) is 36.5. The van der Waals surface area contributed by atoms with Crippen LogP contribution in [0.25, 0.3) is 28.3 Å². The second-order valence-electron chi connectivity index (χ2n) is 13.2. The van der Waals surface area contributed by atoms with Crippen LogP contribution >= 0.6 is 0 Å². The van der Waals surface area contributed by atoms with Crippen molar-refractivity contribution in [3.63, 3.8) is 0 Å². The number of hydrogen-bond acceptors (Lipinski definition) is 8. The van der Waals surface area contributed by atoms with Gasteiger partial charge in [-0.05, 0) is 73.9 Å². The lowest BCUT2D eigenvalue weighted by Gasteiger charge is -2.38. The molecule has 270 valence electrons. The van der Waals surface area contributed by atoms with Crippen LogP contribution in [0.3, 0.4) is 0 Å². The minimum Gasteiger partial charge on any atom is -0.494 e. The number of nitrogens with zero attached hydrogens (tertiary/aromatic N) is 6. The summed E-state index contributed by atoms with van der Waals surface area (Å²) in [6.45, 7) is 3.17. The van der Waals surface area contributed by atoms with Gasteiger partial charge in [0.15, 0.2) is 0 Å². The number of anilines is 4. The number of carbonyl (C=O) groups excluding carboxylic acids is 1. The quantitative estimate of drug-likeness (QED) is 0.157. The predicted molar refractivity (Wildman–Crippen MR) is 199 cm³/mol. The molecule has 1 atom stereocenters. The van der Waals surface area contributed by atoms with Crippen molar-refractivity contribution in [1.29, 1.82) is 0 Å². The van der Waals surface area contributed by atoms with Crippen LogP contribution in [0, 0.1) is 11.6 Å². The van der Waals surface area contributed by atoms with Crippen LogP contribution in [-0.2, 0) is 0 Å². The molecule has 3 aromatic carbocycles. The van der Waals surface area contributed by atoms with Crippen LogP contribution < -0.4 is 20.3 Å². The number of rotatable bonds is 9. The molecule has 2 aliphatic rings. The van der Waals surface area contributed by atoms with E-state index in [1.165, 1.54) is 6.07 Å². The fourth-order valence-electron chi connectivity index (χ4n) is 7.27. The Morgan fingerprint density at radius 1 is 0.887 bits per heavy atom. The van der Waals surface area contributed by atoms with Crippen molar-refractivity contribution in [2.75, 3.05) is 48.8 Å². The van der Waals surface area contributed by atoms with E-state index in [-0.39, 0.29) is 5.56 Å². The summed E-state index contributed by atoms with van der Waals surface area (Å²) in [5.74, 6) is -1.43.